The van der Waals surface area contributed by atoms with Crippen molar-refractivity contribution in [2.75, 3.05) is 0 Å². The Hall–Kier alpha value is -8.16. The van der Waals surface area contributed by atoms with Crippen molar-refractivity contribution in [3.05, 3.63) is 225 Å². The Bertz CT molecular complexity index is 3180. The number of halogens is 17. The zero-order valence-electron chi connectivity index (χ0n) is 44.9. The smallest absolute Gasteiger partial charge is 0.503 e. The molecule has 86 heavy (non-hydrogen) atoms. The number of alkyl halides is 12. The average molecular weight is 1300 g/mol. The maximum absolute atomic E-state index is 14.4. The molecule has 0 aliphatic carbocycles. The fourth-order valence-electron chi connectivity index (χ4n) is 7.07. The molecule has 0 fully saturated rings. The number of hydrogen-bond acceptors (Lipinski definition) is 8. The van der Waals surface area contributed by atoms with Gasteiger partial charge in [0, 0.05) is 4.47 Å². The molecule has 25 heteroatoms. The topological polar surface area (TPSA) is 107 Å². The molecule has 0 heterocycles. The molecule has 0 atom stereocenters. The number of ether oxygens (including phenoxy) is 5. The Morgan fingerprint density at radius 1 is 0.360 bits per heavy atom. The summed E-state index contributed by atoms with van der Waals surface area (Å²) >= 11 is 3.09. The lowest BCUT2D eigenvalue weighted by Crippen LogP contribution is -2.17. The van der Waals surface area contributed by atoms with Crippen LogP contribution in [0.3, 0.4) is 0 Å². The van der Waals surface area contributed by atoms with Crippen LogP contribution < -0.4 is 23.7 Å². The lowest BCUT2D eigenvalue weighted by molar-refractivity contribution is -0.275. The molecule has 0 saturated carbocycles. The van der Waals surface area contributed by atoms with Crippen molar-refractivity contribution in [2.24, 2.45) is 0 Å². The maximum Gasteiger partial charge on any atom is 0.573 e. The zero-order valence-corrected chi connectivity index (χ0v) is 46.5. The SMILES string of the molecule is CCCc1ccc(-c2cc(F)c(O)c(F)c2)cc1.CCCc1ccc(-c2cc(F)c(OCc3ccc(OC(F)(F)F)cc3)c(F)c2)cc1.FC(F)(F)Oc1ccc(Br)cc1.OCc1ccc(OC(F)(F)F)cc1.OCc1ccc(OC(F)(F)F)cc1. The number of aromatic hydroxyl groups is 1. The predicted molar refractivity (Wildman–Crippen MR) is 290 cm³/mol. The third-order valence-electron chi connectivity index (χ3n) is 10.9. The molecule has 8 nitrogen and oxygen atoms in total. The monoisotopic (exact) mass is 1290 g/mol. The summed E-state index contributed by atoms with van der Waals surface area (Å²) in [6.45, 7) is 3.55. The minimum atomic E-state index is -4.79. The molecule has 0 spiro atoms. The number of aliphatic hydroxyl groups excluding tert-OH is 2. The summed E-state index contributed by atoms with van der Waals surface area (Å²) < 4.78 is 217. The summed E-state index contributed by atoms with van der Waals surface area (Å²) in [6.07, 6.45) is -14.8. The van der Waals surface area contributed by atoms with E-state index in [0.29, 0.717) is 37.9 Å². The number of hydrogen-bond donors (Lipinski definition) is 3. The van der Waals surface area contributed by atoms with Crippen molar-refractivity contribution in [1.82, 2.24) is 0 Å². The molecule has 8 aromatic carbocycles. The minimum absolute atomic E-state index is 0.202. The number of phenols is 1. The van der Waals surface area contributed by atoms with Gasteiger partial charge >= 0.3 is 25.4 Å². The second-order valence-electron chi connectivity index (χ2n) is 17.6. The normalized spacial score (nSPS) is 11.2. The first-order chi connectivity index (χ1) is 40.4. The number of aliphatic hydroxyl groups is 2. The molecule has 462 valence electrons. The Morgan fingerprint density at radius 2 is 0.628 bits per heavy atom. The Labute approximate surface area is 490 Å². The van der Waals surface area contributed by atoms with E-state index in [2.05, 4.69) is 48.7 Å². The molecule has 0 aliphatic heterocycles. The second-order valence-corrected chi connectivity index (χ2v) is 18.5. The quantitative estimate of drug-likeness (QED) is 0.0872. The molecule has 0 saturated heterocycles. The van der Waals surface area contributed by atoms with Crippen LogP contribution in [0.15, 0.2) is 174 Å². The first-order valence-corrected chi connectivity index (χ1v) is 25.9. The molecule has 0 unspecified atom stereocenters. The van der Waals surface area contributed by atoms with Gasteiger partial charge in [-0.1, -0.05) is 128 Å². The number of rotatable bonds is 15. The van der Waals surface area contributed by atoms with Gasteiger partial charge in [-0.05, 0) is 148 Å². The summed E-state index contributed by atoms with van der Waals surface area (Å²) in [7, 11) is 0. The van der Waals surface area contributed by atoms with Gasteiger partial charge in [0.2, 0.25) is 0 Å². The van der Waals surface area contributed by atoms with Gasteiger partial charge in [-0.15, -0.1) is 52.7 Å². The zero-order chi connectivity index (χ0) is 63.8. The van der Waals surface area contributed by atoms with Crippen LogP contribution in [0.1, 0.15) is 54.5 Å². The molecule has 0 radical (unpaired) electrons. The molecule has 8 aromatic rings. The predicted octanol–water partition coefficient (Wildman–Crippen LogP) is 18.9. The number of aryl methyl sites for hydroxylation is 2. The van der Waals surface area contributed by atoms with Crippen LogP contribution in [0.4, 0.5) is 70.2 Å². The van der Waals surface area contributed by atoms with E-state index in [1.54, 1.807) is 0 Å². The van der Waals surface area contributed by atoms with Gasteiger partial charge in [-0.3, -0.25) is 0 Å². The van der Waals surface area contributed by atoms with Gasteiger partial charge in [0.25, 0.3) is 0 Å². The van der Waals surface area contributed by atoms with Gasteiger partial charge in [-0.25, -0.2) is 17.6 Å². The molecule has 0 bridgehead atoms. The van der Waals surface area contributed by atoms with E-state index in [1.807, 2.05) is 48.5 Å². The third kappa shape index (κ3) is 26.4. The Morgan fingerprint density at radius 3 is 0.907 bits per heavy atom. The van der Waals surface area contributed by atoms with E-state index in [9.17, 15) is 70.2 Å². The van der Waals surface area contributed by atoms with Crippen LogP contribution in [-0.4, -0.2) is 40.8 Å². The van der Waals surface area contributed by atoms with E-state index in [0.717, 1.165) is 85.3 Å². The van der Waals surface area contributed by atoms with Crippen molar-refractivity contribution >= 4 is 15.9 Å². The van der Waals surface area contributed by atoms with E-state index in [-0.39, 0.29) is 37.1 Å². The van der Waals surface area contributed by atoms with Gasteiger partial charge in [0.05, 0.1) is 13.2 Å². The Balaban J connectivity index is 0.000000244. The standard InChI is InChI=1S/C23H19F5O2.C15H14F2O.2C8H7F3O2.C7H4BrF3O/c1-2-3-15-4-8-17(9-5-15)18-12-20(24)22(21(25)13-18)29-14-16-6-10-19(11-7-16)30-23(26,27)28;1-2-3-10-4-6-11(7-5-10)12-8-13(16)15(18)14(17)9-12;2*9-8(10,11)13-7-3-1-6(5-12)2-4-7;8-5-1-3-6(4-2-5)12-7(9,10)11/h4-13H,2-3,14H2,1H3;4-9,18H,2-3H2,1H3;2*1-4,12H,5H2;1-4H. The molecule has 0 amide bonds. The summed E-state index contributed by atoms with van der Waals surface area (Å²) in [4.78, 5) is 0. The van der Waals surface area contributed by atoms with E-state index < -0.39 is 66.0 Å². The summed E-state index contributed by atoms with van der Waals surface area (Å²) in [5.74, 6) is -6.26. The first-order valence-electron chi connectivity index (χ1n) is 25.1. The molecule has 0 aliphatic rings. The molecule has 3 N–H and O–H groups in total. The van der Waals surface area contributed by atoms with Crippen LogP contribution in [0.5, 0.6) is 34.5 Å². The van der Waals surface area contributed by atoms with E-state index in [1.165, 1.54) is 78.4 Å². The van der Waals surface area contributed by atoms with Gasteiger partial charge in [0.1, 0.15) is 29.6 Å². The van der Waals surface area contributed by atoms with Gasteiger partial charge < -0.3 is 39.0 Å². The summed E-state index contributed by atoms with van der Waals surface area (Å²) in [5.41, 5.74) is 6.06. The van der Waals surface area contributed by atoms with E-state index in [4.69, 9.17) is 20.1 Å². The van der Waals surface area contributed by atoms with Crippen molar-refractivity contribution in [1.29, 1.82) is 0 Å². The highest BCUT2D eigenvalue weighted by Crippen LogP contribution is 2.33. The van der Waals surface area contributed by atoms with E-state index >= 15 is 0 Å². The minimum Gasteiger partial charge on any atom is -0.503 e. The lowest BCUT2D eigenvalue weighted by atomic mass is 10.0. The largest absolute Gasteiger partial charge is 0.573 e. The van der Waals surface area contributed by atoms with Crippen molar-refractivity contribution in [3.8, 4) is 56.8 Å². The van der Waals surface area contributed by atoms with Gasteiger partial charge in [0.15, 0.2) is 34.8 Å². The fraction of sp³-hybridized carbons (Fsp3) is 0.213. The highest BCUT2D eigenvalue weighted by molar-refractivity contribution is 9.10. The second kappa shape index (κ2) is 32.9. The highest BCUT2D eigenvalue weighted by atomic mass is 79.9. The lowest BCUT2D eigenvalue weighted by Gasteiger charge is -2.12. The van der Waals surface area contributed by atoms with Crippen LogP contribution >= 0.6 is 15.9 Å². The van der Waals surface area contributed by atoms with Crippen LogP contribution in [0, 0.1) is 23.3 Å². The van der Waals surface area contributed by atoms with Crippen molar-refractivity contribution in [2.45, 2.75) is 84.8 Å². The van der Waals surface area contributed by atoms with Crippen molar-refractivity contribution < 1.29 is 109 Å². The maximum atomic E-state index is 14.4. The number of benzene rings is 8. The summed E-state index contributed by atoms with van der Waals surface area (Å²) in [6, 6.07) is 40.0. The highest BCUT2D eigenvalue weighted by Gasteiger charge is 2.33. The van der Waals surface area contributed by atoms with Crippen LogP contribution in [0.2, 0.25) is 0 Å². The van der Waals surface area contributed by atoms with Gasteiger partial charge in [-0.2, -0.15) is 0 Å². The fourth-order valence-corrected chi connectivity index (χ4v) is 7.34. The Kier molecular flexibility index (Phi) is 26.9. The molecule has 0 aromatic heterocycles. The average Bonchev–Trinajstić information content (AvgIpc) is 1.95. The first kappa shape index (κ1) is 70.3. The molecule has 8 rings (SSSR count). The number of phenolic OH excluding ortho intramolecular Hbond substituents is 1. The summed E-state index contributed by atoms with van der Waals surface area (Å²) in [5, 5.41) is 26.2. The third-order valence-corrected chi connectivity index (χ3v) is 11.5. The van der Waals surface area contributed by atoms with Crippen LogP contribution in [0.25, 0.3) is 22.3 Å². The molecular formula is C61H51BrF16O8. The van der Waals surface area contributed by atoms with Crippen molar-refractivity contribution in [3.63, 3.8) is 0 Å². The molecular weight excluding hydrogens is 1240 g/mol. The van der Waals surface area contributed by atoms with Crippen LogP contribution in [-0.2, 0) is 32.7 Å².